The molecule has 0 spiro atoms. The summed E-state index contributed by atoms with van der Waals surface area (Å²) in [6.07, 6.45) is 1.50. The Balaban J connectivity index is 2.88. The fraction of sp³-hybridized carbons (Fsp3) is 0.200. The standard InChI is InChI=1S/C10H10ClN3O/c1-12-9-4-8-6(3-7(9)11)10(15)14(2)5-13-8/h3-5,12H,1-2H3. The number of nitrogens with zero attached hydrogens (tertiary/aromatic N) is 2. The summed E-state index contributed by atoms with van der Waals surface area (Å²) in [6, 6.07) is 3.40. The molecule has 0 unspecified atom stereocenters. The normalized spacial score (nSPS) is 10.6. The third-order valence-corrected chi connectivity index (χ3v) is 2.59. The zero-order valence-electron chi connectivity index (χ0n) is 8.41. The molecule has 5 heteroatoms. The molecule has 0 aliphatic heterocycles. The third-order valence-electron chi connectivity index (χ3n) is 2.28. The van der Waals surface area contributed by atoms with Gasteiger partial charge < -0.3 is 9.88 Å². The minimum Gasteiger partial charge on any atom is -0.387 e. The maximum Gasteiger partial charge on any atom is 0.260 e. The number of hydrogen-bond acceptors (Lipinski definition) is 3. The van der Waals surface area contributed by atoms with Crippen LogP contribution in [0.2, 0.25) is 5.02 Å². The van der Waals surface area contributed by atoms with Crippen molar-refractivity contribution < 1.29 is 0 Å². The molecule has 0 bridgehead atoms. The van der Waals surface area contributed by atoms with E-state index in [0.29, 0.717) is 15.9 Å². The lowest BCUT2D eigenvalue weighted by Crippen LogP contribution is -2.16. The van der Waals surface area contributed by atoms with E-state index in [1.54, 1.807) is 26.2 Å². The van der Waals surface area contributed by atoms with Crippen LogP contribution >= 0.6 is 11.6 Å². The SMILES string of the molecule is CNc1cc2ncn(C)c(=O)c2cc1Cl. The second kappa shape index (κ2) is 3.55. The van der Waals surface area contributed by atoms with E-state index in [0.717, 1.165) is 5.69 Å². The van der Waals surface area contributed by atoms with Crippen LogP contribution in [0.25, 0.3) is 10.9 Å². The smallest absolute Gasteiger partial charge is 0.260 e. The van der Waals surface area contributed by atoms with Gasteiger partial charge in [-0.25, -0.2) is 4.98 Å². The second-order valence-corrected chi connectivity index (χ2v) is 3.67. The summed E-state index contributed by atoms with van der Waals surface area (Å²) >= 11 is 5.99. The largest absolute Gasteiger partial charge is 0.387 e. The Bertz CT molecular complexity index is 577. The quantitative estimate of drug-likeness (QED) is 0.800. The fourth-order valence-corrected chi connectivity index (χ4v) is 1.68. The number of nitrogens with one attached hydrogen (secondary N) is 1. The highest BCUT2D eigenvalue weighted by atomic mass is 35.5. The van der Waals surface area contributed by atoms with Crippen molar-refractivity contribution in [2.24, 2.45) is 7.05 Å². The van der Waals surface area contributed by atoms with Gasteiger partial charge >= 0.3 is 0 Å². The van der Waals surface area contributed by atoms with Crippen LogP contribution < -0.4 is 10.9 Å². The number of anilines is 1. The van der Waals surface area contributed by atoms with Crippen molar-refractivity contribution >= 4 is 28.2 Å². The van der Waals surface area contributed by atoms with Crippen LogP contribution in [0.3, 0.4) is 0 Å². The lowest BCUT2D eigenvalue weighted by Gasteiger charge is -2.05. The lowest BCUT2D eigenvalue weighted by molar-refractivity contribution is 0.843. The lowest BCUT2D eigenvalue weighted by atomic mass is 10.2. The second-order valence-electron chi connectivity index (χ2n) is 3.26. The predicted molar refractivity (Wildman–Crippen MR) is 61.5 cm³/mol. The minimum atomic E-state index is -0.0930. The molecule has 2 aromatic rings. The first-order valence-corrected chi connectivity index (χ1v) is 4.84. The first kappa shape index (κ1) is 9.98. The number of hydrogen-bond donors (Lipinski definition) is 1. The van der Waals surface area contributed by atoms with E-state index < -0.39 is 0 Å². The molecular formula is C10H10ClN3O. The Hall–Kier alpha value is -1.55. The Morgan fingerprint density at radius 3 is 2.87 bits per heavy atom. The summed E-state index contributed by atoms with van der Waals surface area (Å²) in [5.41, 5.74) is 1.32. The molecule has 0 aliphatic rings. The monoisotopic (exact) mass is 223 g/mol. The molecule has 4 nitrogen and oxygen atoms in total. The van der Waals surface area contributed by atoms with Gasteiger partial charge in [0.05, 0.1) is 27.9 Å². The first-order valence-electron chi connectivity index (χ1n) is 4.46. The number of halogens is 1. The van der Waals surface area contributed by atoms with Crippen molar-refractivity contribution in [3.05, 3.63) is 33.8 Å². The van der Waals surface area contributed by atoms with Crippen molar-refractivity contribution in [3.8, 4) is 0 Å². The van der Waals surface area contributed by atoms with Gasteiger partial charge in [-0.2, -0.15) is 0 Å². The minimum absolute atomic E-state index is 0.0930. The number of aryl methyl sites for hydroxylation is 1. The zero-order chi connectivity index (χ0) is 11.0. The molecule has 78 valence electrons. The molecule has 2 rings (SSSR count). The van der Waals surface area contributed by atoms with Crippen molar-refractivity contribution in [3.63, 3.8) is 0 Å². The Kier molecular flexibility index (Phi) is 2.36. The van der Waals surface area contributed by atoms with Crippen LogP contribution in [0.15, 0.2) is 23.3 Å². The Labute approximate surface area is 91.5 Å². The van der Waals surface area contributed by atoms with E-state index in [4.69, 9.17) is 11.6 Å². The van der Waals surface area contributed by atoms with Gasteiger partial charge in [-0.15, -0.1) is 0 Å². The molecule has 1 aromatic carbocycles. The average molecular weight is 224 g/mol. The molecular weight excluding hydrogens is 214 g/mol. The van der Waals surface area contributed by atoms with Gasteiger partial charge in [0.1, 0.15) is 0 Å². The van der Waals surface area contributed by atoms with E-state index in [1.807, 2.05) is 0 Å². The summed E-state index contributed by atoms with van der Waals surface area (Å²) in [5, 5.41) is 4.00. The van der Waals surface area contributed by atoms with Gasteiger partial charge in [0, 0.05) is 14.1 Å². The van der Waals surface area contributed by atoms with Crippen molar-refractivity contribution in [1.82, 2.24) is 9.55 Å². The first-order chi connectivity index (χ1) is 7.13. The maximum atomic E-state index is 11.7. The summed E-state index contributed by atoms with van der Waals surface area (Å²) < 4.78 is 1.43. The molecule has 0 radical (unpaired) electrons. The summed E-state index contributed by atoms with van der Waals surface area (Å²) in [5.74, 6) is 0. The van der Waals surface area contributed by atoms with Gasteiger partial charge in [0.15, 0.2) is 0 Å². The number of fused-ring (bicyclic) bond motifs is 1. The molecule has 0 saturated carbocycles. The summed E-state index contributed by atoms with van der Waals surface area (Å²) in [6.45, 7) is 0. The van der Waals surface area contributed by atoms with Gasteiger partial charge in [0.25, 0.3) is 5.56 Å². The highest BCUT2D eigenvalue weighted by Gasteiger charge is 2.06. The van der Waals surface area contributed by atoms with Gasteiger partial charge in [-0.3, -0.25) is 4.79 Å². The van der Waals surface area contributed by atoms with Gasteiger partial charge in [-0.1, -0.05) is 11.6 Å². The molecule has 1 N–H and O–H groups in total. The van der Waals surface area contributed by atoms with Gasteiger partial charge in [-0.05, 0) is 12.1 Å². The van der Waals surface area contributed by atoms with E-state index in [2.05, 4.69) is 10.3 Å². The molecule has 15 heavy (non-hydrogen) atoms. The molecule has 1 heterocycles. The van der Waals surface area contributed by atoms with Crippen molar-refractivity contribution in [1.29, 1.82) is 0 Å². The van der Waals surface area contributed by atoms with E-state index in [9.17, 15) is 4.79 Å². The fourth-order valence-electron chi connectivity index (χ4n) is 1.42. The van der Waals surface area contributed by atoms with Gasteiger partial charge in [0.2, 0.25) is 0 Å². The summed E-state index contributed by atoms with van der Waals surface area (Å²) in [4.78, 5) is 15.9. The molecule has 0 fully saturated rings. The number of benzene rings is 1. The molecule has 0 aliphatic carbocycles. The molecule has 0 atom stereocenters. The highest BCUT2D eigenvalue weighted by Crippen LogP contribution is 2.24. The molecule has 0 saturated heterocycles. The van der Waals surface area contributed by atoms with E-state index in [1.165, 1.54) is 10.9 Å². The average Bonchev–Trinajstić information content (AvgIpc) is 2.24. The maximum absolute atomic E-state index is 11.7. The van der Waals surface area contributed by atoms with Crippen LogP contribution in [0.1, 0.15) is 0 Å². The molecule has 1 aromatic heterocycles. The highest BCUT2D eigenvalue weighted by molar-refractivity contribution is 6.34. The van der Waals surface area contributed by atoms with E-state index in [-0.39, 0.29) is 5.56 Å². The Morgan fingerprint density at radius 1 is 1.47 bits per heavy atom. The van der Waals surface area contributed by atoms with Crippen LogP contribution in [0.4, 0.5) is 5.69 Å². The van der Waals surface area contributed by atoms with Crippen LogP contribution in [-0.4, -0.2) is 16.6 Å². The van der Waals surface area contributed by atoms with Crippen LogP contribution in [0.5, 0.6) is 0 Å². The topological polar surface area (TPSA) is 46.9 Å². The number of aromatic nitrogens is 2. The molecule has 0 amide bonds. The summed E-state index contributed by atoms with van der Waals surface area (Å²) in [7, 11) is 3.43. The zero-order valence-corrected chi connectivity index (χ0v) is 9.17. The predicted octanol–water partition coefficient (Wildman–Crippen LogP) is 1.63. The van der Waals surface area contributed by atoms with Crippen LogP contribution in [-0.2, 0) is 7.05 Å². The Morgan fingerprint density at radius 2 is 2.20 bits per heavy atom. The third kappa shape index (κ3) is 1.57. The number of rotatable bonds is 1. The van der Waals surface area contributed by atoms with Crippen molar-refractivity contribution in [2.45, 2.75) is 0 Å². The van der Waals surface area contributed by atoms with Crippen LogP contribution in [0, 0.1) is 0 Å². The van der Waals surface area contributed by atoms with Crippen molar-refractivity contribution in [2.75, 3.05) is 12.4 Å². The van der Waals surface area contributed by atoms with E-state index >= 15 is 0 Å².